The number of hydrogen-bond acceptors (Lipinski definition) is 2. The van der Waals surface area contributed by atoms with Crippen molar-refractivity contribution >= 4 is 25.1 Å². The standard InChI is InChI=1S/C24H25N2O2P/c27-20-17-24(21-11-4-1-5-12-21)29(28)25(22-13-6-2-7-14-22)18-10-19-26(29)23-15-8-3-9-16-23/h1-9,11-16,20,24H,10,17-19H2. The number of carbonyl (C=O) groups is 1. The summed E-state index contributed by atoms with van der Waals surface area (Å²) in [6.07, 6.45) is 2.02. The second-order valence-electron chi connectivity index (χ2n) is 7.19. The fourth-order valence-electron chi connectivity index (χ4n) is 4.15. The number of aldehydes is 1. The summed E-state index contributed by atoms with van der Waals surface area (Å²) in [6, 6.07) is 29.6. The molecular formula is C24H25N2O2P. The van der Waals surface area contributed by atoms with Crippen LogP contribution in [0.5, 0.6) is 0 Å². The van der Waals surface area contributed by atoms with Gasteiger partial charge < -0.3 is 14.1 Å². The predicted octanol–water partition coefficient (Wildman–Crippen LogP) is 5.93. The first kappa shape index (κ1) is 19.5. The largest absolute Gasteiger partial charge is 0.306 e. The normalized spacial score (nSPS) is 17.0. The Morgan fingerprint density at radius 2 is 1.21 bits per heavy atom. The molecular weight excluding hydrogens is 379 g/mol. The molecule has 1 unspecified atom stereocenters. The van der Waals surface area contributed by atoms with Gasteiger partial charge in [-0.2, -0.15) is 0 Å². The highest BCUT2D eigenvalue weighted by atomic mass is 31.2. The van der Waals surface area contributed by atoms with Crippen LogP contribution >= 0.6 is 7.44 Å². The Balaban J connectivity index is 1.90. The van der Waals surface area contributed by atoms with E-state index in [1.807, 2.05) is 100 Å². The minimum atomic E-state index is -3.19. The van der Waals surface area contributed by atoms with Crippen molar-refractivity contribution in [2.24, 2.45) is 0 Å². The third kappa shape index (κ3) is 3.73. The van der Waals surface area contributed by atoms with Crippen LogP contribution in [0.1, 0.15) is 24.1 Å². The summed E-state index contributed by atoms with van der Waals surface area (Å²) in [7, 11) is -3.19. The summed E-state index contributed by atoms with van der Waals surface area (Å²) in [5.41, 5.74) is 2.40. The average molecular weight is 404 g/mol. The maximum atomic E-state index is 15.1. The van der Waals surface area contributed by atoms with Gasteiger partial charge in [0.05, 0.1) is 5.66 Å². The Labute approximate surface area is 172 Å². The number of rotatable bonds is 6. The van der Waals surface area contributed by atoms with E-state index in [9.17, 15) is 4.79 Å². The molecule has 4 nitrogen and oxygen atoms in total. The van der Waals surface area contributed by atoms with E-state index in [0.29, 0.717) is 13.1 Å². The van der Waals surface area contributed by atoms with Crippen molar-refractivity contribution < 1.29 is 9.36 Å². The van der Waals surface area contributed by atoms with Crippen molar-refractivity contribution in [1.29, 1.82) is 0 Å². The highest BCUT2D eigenvalue weighted by molar-refractivity contribution is 7.67. The molecule has 1 aliphatic rings. The number of para-hydroxylation sites is 2. The molecule has 1 atom stereocenters. The second-order valence-corrected chi connectivity index (χ2v) is 9.96. The Bertz CT molecular complexity index is 928. The summed E-state index contributed by atoms with van der Waals surface area (Å²) in [4.78, 5) is 11.7. The third-order valence-corrected chi connectivity index (χ3v) is 9.02. The van der Waals surface area contributed by atoms with Gasteiger partial charge in [-0.3, -0.25) is 4.57 Å². The molecule has 148 valence electrons. The zero-order chi connectivity index (χ0) is 20.1. The lowest BCUT2D eigenvalue weighted by Crippen LogP contribution is -2.41. The Kier molecular flexibility index (Phi) is 5.82. The van der Waals surface area contributed by atoms with Gasteiger partial charge in [-0.15, -0.1) is 0 Å². The smallest absolute Gasteiger partial charge is 0.270 e. The van der Waals surface area contributed by atoms with Crippen LogP contribution in [0.4, 0.5) is 11.4 Å². The number of carbonyl (C=O) groups excluding carboxylic acids is 1. The van der Waals surface area contributed by atoms with Crippen LogP contribution in [0.25, 0.3) is 0 Å². The summed E-state index contributed by atoms with van der Waals surface area (Å²) in [6.45, 7) is 1.40. The molecule has 0 N–H and O–H groups in total. The molecule has 29 heavy (non-hydrogen) atoms. The van der Waals surface area contributed by atoms with E-state index in [4.69, 9.17) is 0 Å². The van der Waals surface area contributed by atoms with Gasteiger partial charge in [-0.1, -0.05) is 66.7 Å². The minimum absolute atomic E-state index is 0.216. The van der Waals surface area contributed by atoms with Crippen LogP contribution < -0.4 is 9.34 Å². The molecule has 0 spiro atoms. The number of benzene rings is 3. The Morgan fingerprint density at radius 1 is 0.759 bits per heavy atom. The van der Waals surface area contributed by atoms with Crippen molar-refractivity contribution in [3.63, 3.8) is 0 Å². The molecule has 1 fully saturated rings. The van der Waals surface area contributed by atoms with E-state index < -0.39 is 13.1 Å². The number of anilines is 2. The fraction of sp³-hybridized carbons (Fsp3) is 0.208. The summed E-state index contributed by atoms with van der Waals surface area (Å²) in [5.74, 6) is 0. The predicted molar refractivity (Wildman–Crippen MR) is 120 cm³/mol. The first-order chi connectivity index (χ1) is 14.2. The summed E-state index contributed by atoms with van der Waals surface area (Å²) < 4.78 is 19.2. The lowest BCUT2D eigenvalue weighted by molar-refractivity contribution is -0.107. The maximum absolute atomic E-state index is 15.1. The lowest BCUT2D eigenvalue weighted by atomic mass is 10.1. The van der Waals surface area contributed by atoms with Gasteiger partial charge in [0.15, 0.2) is 0 Å². The summed E-state index contributed by atoms with van der Waals surface area (Å²) >= 11 is 0. The monoisotopic (exact) mass is 404 g/mol. The lowest BCUT2D eigenvalue weighted by Gasteiger charge is -2.48. The quantitative estimate of drug-likeness (QED) is 0.377. The second kappa shape index (κ2) is 8.67. The molecule has 1 saturated heterocycles. The number of hydrogen-bond donors (Lipinski definition) is 0. The van der Waals surface area contributed by atoms with Gasteiger partial charge in [0, 0.05) is 30.9 Å². The molecule has 4 rings (SSSR count). The van der Waals surface area contributed by atoms with E-state index in [-0.39, 0.29) is 6.42 Å². The van der Waals surface area contributed by atoms with E-state index in [0.717, 1.165) is 29.6 Å². The average Bonchev–Trinajstić information content (AvgIpc) is 2.79. The Morgan fingerprint density at radius 3 is 1.66 bits per heavy atom. The van der Waals surface area contributed by atoms with Crippen LogP contribution in [-0.4, -0.2) is 19.4 Å². The van der Waals surface area contributed by atoms with Gasteiger partial charge in [-0.25, -0.2) is 0 Å². The van der Waals surface area contributed by atoms with Crippen LogP contribution in [0.15, 0.2) is 91.0 Å². The summed E-state index contributed by atoms with van der Waals surface area (Å²) in [5, 5.41) is 0. The molecule has 1 aliphatic heterocycles. The maximum Gasteiger partial charge on any atom is 0.270 e. The Hall–Kier alpha value is -2.84. The minimum Gasteiger partial charge on any atom is -0.306 e. The van der Waals surface area contributed by atoms with Gasteiger partial charge in [0.1, 0.15) is 6.29 Å². The van der Waals surface area contributed by atoms with Crippen molar-refractivity contribution in [1.82, 2.24) is 0 Å². The van der Waals surface area contributed by atoms with Crippen LogP contribution in [0.3, 0.4) is 0 Å². The van der Waals surface area contributed by atoms with E-state index in [1.54, 1.807) is 0 Å². The van der Waals surface area contributed by atoms with Gasteiger partial charge >= 0.3 is 0 Å². The zero-order valence-corrected chi connectivity index (χ0v) is 17.2. The first-order valence-electron chi connectivity index (χ1n) is 9.99. The highest BCUT2D eigenvalue weighted by Gasteiger charge is 2.47. The van der Waals surface area contributed by atoms with Crippen LogP contribution in [0.2, 0.25) is 0 Å². The van der Waals surface area contributed by atoms with Gasteiger partial charge in [0.25, 0.3) is 7.44 Å². The molecule has 3 aromatic carbocycles. The molecule has 0 radical (unpaired) electrons. The molecule has 0 bridgehead atoms. The first-order valence-corrected chi connectivity index (χ1v) is 11.7. The number of nitrogens with zero attached hydrogens (tertiary/aromatic N) is 2. The van der Waals surface area contributed by atoms with Crippen molar-refractivity contribution in [3.8, 4) is 0 Å². The third-order valence-electron chi connectivity index (χ3n) is 5.45. The molecule has 0 aromatic heterocycles. The molecule has 1 heterocycles. The van der Waals surface area contributed by atoms with Gasteiger partial charge in [0.2, 0.25) is 0 Å². The van der Waals surface area contributed by atoms with Gasteiger partial charge in [-0.05, 0) is 36.2 Å². The fourth-order valence-corrected chi connectivity index (χ4v) is 7.79. The molecule has 0 amide bonds. The van der Waals surface area contributed by atoms with Crippen LogP contribution in [0, 0.1) is 0 Å². The van der Waals surface area contributed by atoms with E-state index in [1.165, 1.54) is 0 Å². The molecule has 0 aliphatic carbocycles. The topological polar surface area (TPSA) is 40.6 Å². The molecule has 3 aromatic rings. The van der Waals surface area contributed by atoms with Crippen LogP contribution in [-0.2, 0) is 9.36 Å². The van der Waals surface area contributed by atoms with Crippen molar-refractivity contribution in [3.05, 3.63) is 96.6 Å². The SMILES string of the molecule is O=CCC(c1ccccc1)P1(=O)N(c2ccccc2)CCCN1c1ccccc1. The zero-order valence-electron chi connectivity index (χ0n) is 16.3. The van der Waals surface area contributed by atoms with E-state index in [2.05, 4.69) is 0 Å². The van der Waals surface area contributed by atoms with Crippen molar-refractivity contribution in [2.45, 2.75) is 18.5 Å². The van der Waals surface area contributed by atoms with E-state index >= 15 is 4.57 Å². The molecule has 5 heteroatoms. The van der Waals surface area contributed by atoms with Crippen molar-refractivity contribution in [2.75, 3.05) is 22.4 Å². The highest BCUT2D eigenvalue weighted by Crippen LogP contribution is 2.68. The molecule has 0 saturated carbocycles.